The lowest BCUT2D eigenvalue weighted by Gasteiger charge is -2.18. The Morgan fingerprint density at radius 1 is 1.50 bits per heavy atom. The molecule has 110 valence electrons. The van der Waals surface area contributed by atoms with Gasteiger partial charge in [0.05, 0.1) is 12.6 Å². The molecule has 0 saturated carbocycles. The highest BCUT2D eigenvalue weighted by molar-refractivity contribution is 9.10. The number of ether oxygens (including phenoxy) is 1. The van der Waals surface area contributed by atoms with Gasteiger partial charge in [0.2, 0.25) is 6.17 Å². The molecule has 1 aromatic rings. The third-order valence-corrected chi connectivity index (χ3v) is 2.98. The number of carboxylic acids is 1. The van der Waals surface area contributed by atoms with E-state index in [2.05, 4.69) is 20.7 Å². The smallest absolute Gasteiger partial charge is 0.342 e. The quantitative estimate of drug-likeness (QED) is 0.698. The van der Waals surface area contributed by atoms with Gasteiger partial charge in [-0.1, -0.05) is 15.9 Å². The van der Waals surface area contributed by atoms with Crippen molar-refractivity contribution in [2.45, 2.75) is 19.1 Å². The molecule has 0 aromatic heterocycles. The first-order chi connectivity index (χ1) is 9.29. The van der Waals surface area contributed by atoms with Gasteiger partial charge in [0.1, 0.15) is 11.3 Å². The maximum absolute atomic E-state index is 13.8. The zero-order valence-corrected chi connectivity index (χ0v) is 12.1. The SMILES string of the molecule is CCOC(=O)C(F)[C@@H](N)c1cc(Br)cc(C(=O)O)c1O. The Labute approximate surface area is 122 Å². The van der Waals surface area contributed by atoms with E-state index in [1.807, 2.05) is 0 Å². The number of benzene rings is 1. The van der Waals surface area contributed by atoms with Crippen LogP contribution in [0.3, 0.4) is 0 Å². The maximum atomic E-state index is 13.8. The molecular weight excluding hydrogens is 337 g/mol. The second-order valence-electron chi connectivity index (χ2n) is 3.88. The first kappa shape index (κ1) is 16.4. The lowest BCUT2D eigenvalue weighted by Crippen LogP contribution is -2.31. The number of hydrogen-bond acceptors (Lipinski definition) is 5. The number of phenols is 1. The first-order valence-corrected chi connectivity index (χ1v) is 6.40. The molecule has 0 amide bonds. The number of nitrogens with two attached hydrogens (primary N) is 1. The molecule has 0 bridgehead atoms. The standard InChI is InChI=1S/C12H13BrFNO5/c1-2-20-12(19)8(14)9(15)6-3-5(13)4-7(10(6)16)11(17)18/h3-4,8-9,16H,2,15H2,1H3,(H,17,18)/t8?,9-/m0/s1. The third kappa shape index (κ3) is 3.45. The molecule has 0 spiro atoms. The van der Waals surface area contributed by atoms with E-state index in [-0.39, 0.29) is 16.6 Å². The van der Waals surface area contributed by atoms with Crippen molar-refractivity contribution in [1.82, 2.24) is 0 Å². The van der Waals surface area contributed by atoms with E-state index in [1.54, 1.807) is 0 Å². The maximum Gasteiger partial charge on any atom is 0.342 e. The van der Waals surface area contributed by atoms with E-state index < -0.39 is 35.5 Å². The van der Waals surface area contributed by atoms with Gasteiger partial charge in [-0.15, -0.1) is 0 Å². The van der Waals surface area contributed by atoms with Gasteiger partial charge in [-0.25, -0.2) is 14.0 Å². The fourth-order valence-corrected chi connectivity index (χ4v) is 2.04. The highest BCUT2D eigenvalue weighted by atomic mass is 79.9. The first-order valence-electron chi connectivity index (χ1n) is 5.61. The number of carbonyl (C=O) groups is 2. The second kappa shape index (κ2) is 6.67. The summed E-state index contributed by atoms with van der Waals surface area (Å²) >= 11 is 3.03. The van der Waals surface area contributed by atoms with Crippen molar-refractivity contribution < 1.29 is 28.9 Å². The monoisotopic (exact) mass is 349 g/mol. The van der Waals surface area contributed by atoms with Gasteiger partial charge in [0.15, 0.2) is 0 Å². The normalized spacial score (nSPS) is 13.6. The summed E-state index contributed by atoms with van der Waals surface area (Å²) in [7, 11) is 0. The van der Waals surface area contributed by atoms with Gasteiger partial charge in [-0.3, -0.25) is 0 Å². The topological polar surface area (TPSA) is 110 Å². The van der Waals surface area contributed by atoms with Crippen LogP contribution in [0, 0.1) is 0 Å². The number of carboxylic acid groups (broad SMARTS) is 1. The van der Waals surface area contributed by atoms with Crippen LogP contribution in [0.15, 0.2) is 16.6 Å². The van der Waals surface area contributed by atoms with Gasteiger partial charge in [0.25, 0.3) is 0 Å². The minimum absolute atomic E-state index is 0.0170. The summed E-state index contributed by atoms with van der Waals surface area (Å²) < 4.78 is 18.6. The Morgan fingerprint density at radius 3 is 2.60 bits per heavy atom. The Balaban J connectivity index is 3.19. The van der Waals surface area contributed by atoms with E-state index in [0.717, 1.165) is 6.07 Å². The summed E-state index contributed by atoms with van der Waals surface area (Å²) in [5.41, 5.74) is 4.92. The van der Waals surface area contributed by atoms with Gasteiger partial charge in [0, 0.05) is 10.0 Å². The van der Waals surface area contributed by atoms with E-state index >= 15 is 0 Å². The van der Waals surface area contributed by atoms with E-state index in [4.69, 9.17) is 10.8 Å². The molecule has 0 aliphatic heterocycles. The predicted octanol–water partition coefficient (Wildman–Crippen LogP) is 1.75. The summed E-state index contributed by atoms with van der Waals surface area (Å²) in [6.07, 6.45) is -2.21. The number of aromatic carboxylic acids is 1. The molecule has 1 aromatic carbocycles. The molecule has 0 fully saturated rings. The van der Waals surface area contributed by atoms with Crippen LogP contribution in [0.25, 0.3) is 0 Å². The number of halogens is 2. The third-order valence-electron chi connectivity index (χ3n) is 2.52. The number of esters is 1. The second-order valence-corrected chi connectivity index (χ2v) is 4.79. The number of hydrogen-bond donors (Lipinski definition) is 3. The van der Waals surface area contributed by atoms with E-state index in [0.29, 0.717) is 0 Å². The van der Waals surface area contributed by atoms with E-state index in [1.165, 1.54) is 13.0 Å². The van der Waals surface area contributed by atoms with Crippen LogP contribution >= 0.6 is 15.9 Å². The van der Waals surface area contributed by atoms with Crippen LogP contribution < -0.4 is 5.73 Å². The van der Waals surface area contributed by atoms with Crippen LogP contribution in [-0.2, 0) is 9.53 Å². The molecular formula is C12H13BrFNO5. The fraction of sp³-hybridized carbons (Fsp3) is 0.333. The summed E-state index contributed by atoms with van der Waals surface area (Å²) in [6, 6.07) is 0.855. The van der Waals surface area contributed by atoms with Crippen molar-refractivity contribution in [3.8, 4) is 5.75 Å². The Morgan fingerprint density at radius 2 is 2.10 bits per heavy atom. The predicted molar refractivity (Wildman–Crippen MR) is 71.2 cm³/mol. The van der Waals surface area contributed by atoms with Crippen molar-refractivity contribution in [1.29, 1.82) is 0 Å². The number of rotatable bonds is 5. The Kier molecular flexibility index (Phi) is 5.46. The van der Waals surface area contributed by atoms with Crippen LogP contribution in [0.1, 0.15) is 28.9 Å². The fourth-order valence-electron chi connectivity index (χ4n) is 1.56. The average molecular weight is 350 g/mol. The minimum atomic E-state index is -2.21. The molecule has 0 aliphatic rings. The lowest BCUT2D eigenvalue weighted by atomic mass is 9.99. The van der Waals surface area contributed by atoms with Crippen molar-refractivity contribution >= 4 is 27.9 Å². The Hall–Kier alpha value is -1.67. The molecule has 6 nitrogen and oxygen atoms in total. The molecule has 0 heterocycles. The summed E-state index contributed by atoms with van der Waals surface area (Å²) in [6.45, 7) is 1.49. The molecule has 2 atom stereocenters. The molecule has 0 aliphatic carbocycles. The number of aromatic hydroxyl groups is 1. The summed E-state index contributed by atoms with van der Waals surface area (Å²) in [5, 5.41) is 18.7. The van der Waals surface area contributed by atoms with Crippen molar-refractivity contribution in [3.63, 3.8) is 0 Å². The molecule has 0 saturated heterocycles. The van der Waals surface area contributed by atoms with Crippen LogP contribution in [0.4, 0.5) is 4.39 Å². The zero-order valence-electron chi connectivity index (χ0n) is 10.5. The molecule has 4 N–H and O–H groups in total. The summed E-state index contributed by atoms with van der Waals surface area (Å²) in [4.78, 5) is 22.2. The van der Waals surface area contributed by atoms with Crippen molar-refractivity contribution in [3.05, 3.63) is 27.7 Å². The van der Waals surface area contributed by atoms with Gasteiger partial charge in [-0.05, 0) is 19.1 Å². The molecule has 1 rings (SSSR count). The van der Waals surface area contributed by atoms with Crippen LogP contribution in [0.5, 0.6) is 5.75 Å². The van der Waals surface area contributed by atoms with Crippen molar-refractivity contribution in [2.75, 3.05) is 6.61 Å². The van der Waals surface area contributed by atoms with Crippen molar-refractivity contribution in [2.24, 2.45) is 5.73 Å². The number of alkyl halides is 1. The van der Waals surface area contributed by atoms with Gasteiger partial charge >= 0.3 is 11.9 Å². The molecule has 0 radical (unpaired) electrons. The van der Waals surface area contributed by atoms with E-state index in [9.17, 15) is 19.1 Å². The Bertz CT molecular complexity index is 537. The summed E-state index contributed by atoms with van der Waals surface area (Å²) in [5.74, 6) is -3.25. The largest absolute Gasteiger partial charge is 0.507 e. The van der Waals surface area contributed by atoms with Gasteiger partial charge in [-0.2, -0.15) is 0 Å². The lowest BCUT2D eigenvalue weighted by molar-refractivity contribution is -0.149. The molecule has 20 heavy (non-hydrogen) atoms. The highest BCUT2D eigenvalue weighted by Crippen LogP contribution is 2.33. The average Bonchev–Trinajstić information content (AvgIpc) is 2.39. The van der Waals surface area contributed by atoms with Crippen LogP contribution in [-0.4, -0.2) is 34.9 Å². The molecule has 8 heteroatoms. The minimum Gasteiger partial charge on any atom is -0.507 e. The van der Waals surface area contributed by atoms with Gasteiger partial charge < -0.3 is 20.7 Å². The highest BCUT2D eigenvalue weighted by Gasteiger charge is 2.31. The number of carbonyl (C=O) groups excluding carboxylic acids is 1. The zero-order chi connectivity index (χ0) is 15.4. The molecule has 1 unspecified atom stereocenters. The van der Waals surface area contributed by atoms with Crippen LogP contribution in [0.2, 0.25) is 0 Å².